The predicted molar refractivity (Wildman–Crippen MR) is 105 cm³/mol. The van der Waals surface area contributed by atoms with Crippen LogP contribution in [0.3, 0.4) is 0 Å². The quantitative estimate of drug-likeness (QED) is 0.460. The number of anilines is 1. The summed E-state index contributed by atoms with van der Waals surface area (Å²) in [6.07, 6.45) is 0.987. The summed E-state index contributed by atoms with van der Waals surface area (Å²) in [6.45, 7) is 5.87. The molecule has 1 aliphatic heterocycles. The topological polar surface area (TPSA) is 84.1 Å². The molecular formula is C18H21N3O3S2. The van der Waals surface area contributed by atoms with Crippen molar-refractivity contribution in [2.24, 2.45) is 0 Å². The summed E-state index contributed by atoms with van der Waals surface area (Å²) in [5.74, 6) is 0.454. The first kappa shape index (κ1) is 18.7. The highest BCUT2D eigenvalue weighted by molar-refractivity contribution is 7.99. The minimum atomic E-state index is -0.486. The molecule has 26 heavy (non-hydrogen) atoms. The first-order valence-electron chi connectivity index (χ1n) is 8.35. The minimum Gasteiger partial charge on any atom is -0.466 e. The van der Waals surface area contributed by atoms with Gasteiger partial charge in [0.1, 0.15) is 5.82 Å². The number of rotatable bonds is 5. The van der Waals surface area contributed by atoms with Crippen LogP contribution in [0.15, 0.2) is 32.7 Å². The van der Waals surface area contributed by atoms with Gasteiger partial charge in [-0.15, -0.1) is 11.3 Å². The third-order valence-electron chi connectivity index (χ3n) is 4.23. The van der Waals surface area contributed by atoms with Crippen molar-refractivity contribution >= 4 is 34.9 Å². The Labute approximate surface area is 160 Å². The molecule has 0 spiro atoms. The van der Waals surface area contributed by atoms with Gasteiger partial charge in [0, 0.05) is 16.3 Å². The SMILES string of the molecule is CCCSc1nc2c(c(=O)[nH]1)[C@@H](c1sccc1C)C(C(=O)OC)=C(C)N2. The molecule has 0 aliphatic carbocycles. The van der Waals surface area contributed by atoms with Crippen molar-refractivity contribution in [2.45, 2.75) is 38.3 Å². The van der Waals surface area contributed by atoms with Crippen molar-refractivity contribution < 1.29 is 9.53 Å². The Bertz CT molecular complexity index is 930. The van der Waals surface area contributed by atoms with Crippen molar-refractivity contribution in [1.29, 1.82) is 0 Å². The molecule has 3 heterocycles. The fourth-order valence-electron chi connectivity index (χ4n) is 3.02. The molecule has 6 nitrogen and oxygen atoms in total. The van der Waals surface area contributed by atoms with Gasteiger partial charge in [-0.2, -0.15) is 0 Å². The first-order valence-corrected chi connectivity index (χ1v) is 10.2. The molecule has 1 atom stereocenters. The second kappa shape index (κ2) is 7.67. The average Bonchev–Trinajstić information content (AvgIpc) is 3.03. The van der Waals surface area contributed by atoms with E-state index in [0.29, 0.717) is 27.8 Å². The number of hydrogen-bond acceptors (Lipinski definition) is 7. The van der Waals surface area contributed by atoms with Gasteiger partial charge in [0.05, 0.1) is 24.2 Å². The number of H-pyrrole nitrogens is 1. The molecule has 0 saturated carbocycles. The maximum absolute atomic E-state index is 12.9. The molecule has 0 unspecified atom stereocenters. The van der Waals surface area contributed by atoms with Gasteiger partial charge in [-0.25, -0.2) is 9.78 Å². The highest BCUT2D eigenvalue weighted by Crippen LogP contribution is 2.43. The summed E-state index contributed by atoms with van der Waals surface area (Å²) < 4.78 is 4.99. The summed E-state index contributed by atoms with van der Waals surface area (Å²) in [7, 11) is 1.35. The number of fused-ring (bicyclic) bond motifs is 1. The number of carbonyl (C=O) groups is 1. The molecule has 1 aliphatic rings. The van der Waals surface area contributed by atoms with E-state index in [4.69, 9.17) is 4.74 Å². The third kappa shape index (κ3) is 3.31. The smallest absolute Gasteiger partial charge is 0.336 e. The highest BCUT2D eigenvalue weighted by atomic mass is 32.2. The van der Waals surface area contributed by atoms with E-state index in [-0.39, 0.29) is 5.56 Å². The summed E-state index contributed by atoms with van der Waals surface area (Å²) in [6, 6.07) is 1.99. The second-order valence-electron chi connectivity index (χ2n) is 6.04. The van der Waals surface area contributed by atoms with Crippen LogP contribution in [-0.2, 0) is 9.53 Å². The average molecular weight is 392 g/mol. The van der Waals surface area contributed by atoms with Crippen LogP contribution >= 0.6 is 23.1 Å². The number of aryl methyl sites for hydroxylation is 1. The van der Waals surface area contributed by atoms with E-state index in [1.807, 2.05) is 25.3 Å². The summed E-state index contributed by atoms with van der Waals surface area (Å²) in [5, 5.41) is 5.68. The minimum absolute atomic E-state index is 0.229. The van der Waals surface area contributed by atoms with E-state index in [1.165, 1.54) is 30.2 Å². The van der Waals surface area contributed by atoms with Crippen molar-refractivity contribution in [2.75, 3.05) is 18.2 Å². The van der Waals surface area contributed by atoms with Gasteiger partial charge in [-0.05, 0) is 37.3 Å². The number of methoxy groups -OCH3 is 1. The van der Waals surface area contributed by atoms with Crippen LogP contribution < -0.4 is 10.9 Å². The van der Waals surface area contributed by atoms with Crippen LogP contribution in [0.25, 0.3) is 0 Å². The number of carbonyl (C=O) groups excluding carboxylic acids is 1. The van der Waals surface area contributed by atoms with Crippen LogP contribution in [0.5, 0.6) is 0 Å². The standard InChI is InChI=1S/C18H21N3O3S2/c1-5-7-26-18-20-15-13(16(22)21-18)12(14-9(2)6-8-25-14)11(10(3)19-15)17(23)24-4/h6,8,12H,5,7H2,1-4H3,(H2,19,20,21,22)/t12-/m0/s1. The summed E-state index contributed by atoms with van der Waals surface area (Å²) >= 11 is 3.03. The molecule has 2 N–H and O–H groups in total. The molecule has 2 aromatic heterocycles. The van der Waals surface area contributed by atoms with Gasteiger partial charge < -0.3 is 15.0 Å². The van der Waals surface area contributed by atoms with Gasteiger partial charge in [0.2, 0.25) is 0 Å². The van der Waals surface area contributed by atoms with Crippen LogP contribution in [0.2, 0.25) is 0 Å². The maximum Gasteiger partial charge on any atom is 0.336 e. The Morgan fingerprint density at radius 2 is 2.19 bits per heavy atom. The van der Waals surface area contributed by atoms with E-state index < -0.39 is 11.9 Å². The van der Waals surface area contributed by atoms with Crippen LogP contribution in [-0.4, -0.2) is 28.8 Å². The number of allylic oxidation sites excluding steroid dienone is 1. The lowest BCUT2D eigenvalue weighted by Gasteiger charge is -2.28. The number of thiophene rings is 1. The predicted octanol–water partition coefficient (Wildman–Crippen LogP) is 3.65. The molecule has 0 radical (unpaired) electrons. The molecule has 138 valence electrons. The van der Waals surface area contributed by atoms with Gasteiger partial charge in [0.25, 0.3) is 5.56 Å². The summed E-state index contributed by atoms with van der Waals surface area (Å²) in [4.78, 5) is 33.8. The van der Waals surface area contributed by atoms with Gasteiger partial charge in [0.15, 0.2) is 5.16 Å². The molecule has 0 amide bonds. The normalized spacial score (nSPS) is 16.2. The number of ether oxygens (including phenoxy) is 1. The number of thioether (sulfide) groups is 1. The number of esters is 1. The van der Waals surface area contributed by atoms with Crippen molar-refractivity contribution in [1.82, 2.24) is 9.97 Å². The molecule has 0 fully saturated rings. The molecule has 2 aromatic rings. The van der Waals surface area contributed by atoms with Crippen molar-refractivity contribution in [3.63, 3.8) is 0 Å². The van der Waals surface area contributed by atoms with E-state index in [9.17, 15) is 9.59 Å². The third-order valence-corrected chi connectivity index (χ3v) is 6.40. The van der Waals surface area contributed by atoms with Crippen LogP contribution in [0.1, 0.15) is 42.2 Å². The number of nitrogens with zero attached hydrogens (tertiary/aromatic N) is 1. The number of hydrogen-bond donors (Lipinski definition) is 2. The van der Waals surface area contributed by atoms with E-state index in [0.717, 1.165) is 22.6 Å². The first-order chi connectivity index (χ1) is 12.5. The zero-order valence-electron chi connectivity index (χ0n) is 15.1. The maximum atomic E-state index is 12.9. The molecular weight excluding hydrogens is 370 g/mol. The Hall–Kier alpha value is -2.06. The van der Waals surface area contributed by atoms with Gasteiger partial charge >= 0.3 is 5.97 Å². The lowest BCUT2D eigenvalue weighted by atomic mass is 9.85. The lowest BCUT2D eigenvalue weighted by molar-refractivity contribution is -0.136. The molecule has 0 saturated heterocycles. The van der Waals surface area contributed by atoms with Crippen molar-refractivity contribution in [3.05, 3.63) is 49.1 Å². The Morgan fingerprint density at radius 1 is 1.42 bits per heavy atom. The van der Waals surface area contributed by atoms with E-state index >= 15 is 0 Å². The summed E-state index contributed by atoms with van der Waals surface area (Å²) in [5.41, 5.74) is 2.37. The molecule has 0 bridgehead atoms. The lowest BCUT2D eigenvalue weighted by Crippen LogP contribution is -2.30. The monoisotopic (exact) mass is 391 g/mol. The molecule has 0 aromatic carbocycles. The highest BCUT2D eigenvalue weighted by Gasteiger charge is 2.37. The zero-order chi connectivity index (χ0) is 18.8. The Balaban J connectivity index is 2.21. The molecule has 3 rings (SSSR count). The Kier molecular flexibility index (Phi) is 5.52. The van der Waals surface area contributed by atoms with E-state index in [1.54, 1.807) is 0 Å². The number of aromatic nitrogens is 2. The van der Waals surface area contributed by atoms with Crippen LogP contribution in [0.4, 0.5) is 5.82 Å². The van der Waals surface area contributed by atoms with Crippen molar-refractivity contribution in [3.8, 4) is 0 Å². The second-order valence-corrected chi connectivity index (χ2v) is 8.07. The van der Waals surface area contributed by atoms with Gasteiger partial charge in [-0.3, -0.25) is 4.79 Å². The fourth-order valence-corrected chi connectivity index (χ4v) is 4.78. The Morgan fingerprint density at radius 3 is 2.81 bits per heavy atom. The fraction of sp³-hybridized carbons (Fsp3) is 0.389. The van der Waals surface area contributed by atoms with Crippen LogP contribution in [0, 0.1) is 6.92 Å². The number of nitrogens with one attached hydrogen (secondary N) is 2. The largest absolute Gasteiger partial charge is 0.466 e. The van der Waals surface area contributed by atoms with E-state index in [2.05, 4.69) is 22.2 Å². The van der Waals surface area contributed by atoms with Gasteiger partial charge in [-0.1, -0.05) is 18.7 Å². The number of aromatic amines is 1. The zero-order valence-corrected chi connectivity index (χ0v) is 16.8. The molecule has 8 heteroatoms.